The molecule has 0 aromatic carbocycles. The number of nitrogens with zero attached hydrogens (tertiary/aromatic N) is 2. The monoisotopic (exact) mass is 253 g/mol. The molecule has 1 amide bonds. The molecule has 0 aromatic rings. The molecule has 1 aliphatic heterocycles. The summed E-state index contributed by atoms with van der Waals surface area (Å²) in [7, 11) is 1.17. The molecule has 0 unspecified atom stereocenters. The summed E-state index contributed by atoms with van der Waals surface area (Å²) >= 11 is 0. The number of hydrogen-bond donors (Lipinski definition) is 1. The van der Waals surface area contributed by atoms with Gasteiger partial charge in [0.15, 0.2) is 0 Å². The number of amides is 1. The summed E-state index contributed by atoms with van der Waals surface area (Å²) in [4.78, 5) is 14.1. The summed E-state index contributed by atoms with van der Waals surface area (Å²) in [6, 6.07) is 0.147. The number of likely N-dealkylation sites (tertiary alicyclic amines) is 1. The lowest BCUT2D eigenvalue weighted by Gasteiger charge is -2.30. The highest BCUT2D eigenvalue weighted by Crippen LogP contribution is 2.16. The zero-order chi connectivity index (χ0) is 13.1. The molecule has 17 heavy (non-hydrogen) atoms. The lowest BCUT2D eigenvalue weighted by Crippen LogP contribution is -2.46. The lowest BCUT2D eigenvalue weighted by atomic mass is 10.1. The fourth-order valence-electron chi connectivity index (χ4n) is 1.78. The number of rotatable bonds is 3. The molecule has 0 atom stereocenters. The molecule has 1 fully saturated rings. The molecule has 1 saturated heterocycles. The Morgan fingerprint density at radius 1 is 1.41 bits per heavy atom. The Hall–Kier alpha value is -0.820. The van der Waals surface area contributed by atoms with Crippen molar-refractivity contribution in [3.8, 4) is 0 Å². The number of alkyl halides is 3. The highest BCUT2D eigenvalue weighted by atomic mass is 19.4. The third kappa shape index (κ3) is 5.36. The number of carbonyl (C=O) groups is 1. The maximum absolute atomic E-state index is 12.1. The van der Waals surface area contributed by atoms with Crippen LogP contribution in [-0.4, -0.2) is 61.2 Å². The van der Waals surface area contributed by atoms with Crippen LogP contribution in [0.15, 0.2) is 0 Å². The van der Waals surface area contributed by atoms with E-state index in [2.05, 4.69) is 0 Å². The Kier molecular flexibility index (Phi) is 4.76. The van der Waals surface area contributed by atoms with E-state index in [1.807, 2.05) is 4.90 Å². The Morgan fingerprint density at radius 2 is 1.94 bits per heavy atom. The Balaban J connectivity index is 2.33. The second kappa shape index (κ2) is 5.68. The summed E-state index contributed by atoms with van der Waals surface area (Å²) in [5.74, 6) is -0.502. The first-order valence-electron chi connectivity index (χ1n) is 5.56. The van der Waals surface area contributed by atoms with Crippen LogP contribution in [-0.2, 0) is 4.79 Å². The van der Waals surface area contributed by atoms with Gasteiger partial charge in [-0.05, 0) is 12.8 Å². The average Bonchev–Trinajstić information content (AvgIpc) is 2.19. The third-order valence-electron chi connectivity index (χ3n) is 2.83. The largest absolute Gasteiger partial charge is 0.406 e. The molecule has 0 spiro atoms. The number of carbonyl (C=O) groups excluding carboxylic acids is 1. The van der Waals surface area contributed by atoms with Gasteiger partial charge in [0.05, 0.1) is 6.54 Å². The van der Waals surface area contributed by atoms with Gasteiger partial charge in [-0.2, -0.15) is 13.2 Å². The molecule has 1 aliphatic rings. The van der Waals surface area contributed by atoms with Gasteiger partial charge in [0.2, 0.25) is 5.91 Å². The zero-order valence-electron chi connectivity index (χ0n) is 9.83. The molecule has 7 heteroatoms. The van der Waals surface area contributed by atoms with Gasteiger partial charge in [-0.15, -0.1) is 0 Å². The number of likely N-dealkylation sites (N-methyl/N-ethyl adjacent to an activating group) is 1. The van der Waals surface area contributed by atoms with Gasteiger partial charge in [0, 0.05) is 26.2 Å². The highest BCUT2D eigenvalue weighted by molar-refractivity contribution is 5.78. The Bertz CT molecular complexity index is 262. The van der Waals surface area contributed by atoms with Crippen LogP contribution in [0.5, 0.6) is 0 Å². The van der Waals surface area contributed by atoms with Crippen LogP contribution in [0.4, 0.5) is 13.2 Å². The molecule has 4 nitrogen and oxygen atoms in total. The summed E-state index contributed by atoms with van der Waals surface area (Å²) in [5.41, 5.74) is 5.70. The van der Waals surface area contributed by atoms with Gasteiger partial charge < -0.3 is 10.6 Å². The van der Waals surface area contributed by atoms with Gasteiger partial charge >= 0.3 is 6.18 Å². The van der Waals surface area contributed by atoms with Crippen LogP contribution in [0.2, 0.25) is 0 Å². The van der Waals surface area contributed by atoms with E-state index in [4.69, 9.17) is 5.73 Å². The fraction of sp³-hybridized carbons (Fsp3) is 0.900. The van der Waals surface area contributed by atoms with Crippen molar-refractivity contribution in [3.05, 3.63) is 0 Å². The topological polar surface area (TPSA) is 49.6 Å². The maximum Gasteiger partial charge on any atom is 0.406 e. The predicted molar refractivity (Wildman–Crippen MR) is 57.3 cm³/mol. The van der Waals surface area contributed by atoms with Crippen molar-refractivity contribution in [1.29, 1.82) is 0 Å². The van der Waals surface area contributed by atoms with E-state index in [9.17, 15) is 18.0 Å². The maximum atomic E-state index is 12.1. The molecule has 1 rings (SSSR count). The molecular weight excluding hydrogens is 235 g/mol. The SMILES string of the molecule is CN(CC(F)(F)F)C(=O)CN1CCC(N)CC1. The van der Waals surface area contributed by atoms with Gasteiger partial charge in [-0.3, -0.25) is 9.69 Å². The number of halogens is 3. The number of hydrogen-bond acceptors (Lipinski definition) is 3. The number of nitrogens with two attached hydrogens (primary N) is 1. The van der Waals surface area contributed by atoms with Crippen molar-refractivity contribution in [1.82, 2.24) is 9.80 Å². The standard InChI is InChI=1S/C10H18F3N3O/c1-15(7-10(11,12)13)9(17)6-16-4-2-8(14)3-5-16/h8H,2-7,14H2,1H3. The second-order valence-electron chi connectivity index (χ2n) is 4.48. The Labute approximate surface area is 98.5 Å². The first-order valence-corrected chi connectivity index (χ1v) is 5.56. The van der Waals surface area contributed by atoms with E-state index in [0.717, 1.165) is 12.8 Å². The first kappa shape index (κ1) is 14.2. The molecular formula is C10H18F3N3O. The Morgan fingerprint density at radius 3 is 2.41 bits per heavy atom. The molecule has 0 saturated carbocycles. The van der Waals surface area contributed by atoms with E-state index in [1.54, 1.807) is 0 Å². The molecule has 0 radical (unpaired) electrons. The third-order valence-corrected chi connectivity index (χ3v) is 2.83. The second-order valence-corrected chi connectivity index (χ2v) is 4.48. The summed E-state index contributed by atoms with van der Waals surface area (Å²) < 4.78 is 36.2. The van der Waals surface area contributed by atoms with Gasteiger partial charge in [0.25, 0.3) is 0 Å². The zero-order valence-corrected chi connectivity index (χ0v) is 9.83. The normalized spacial score (nSPS) is 19.4. The molecule has 0 bridgehead atoms. The quantitative estimate of drug-likeness (QED) is 0.793. The molecule has 0 aliphatic carbocycles. The number of piperidine rings is 1. The van der Waals surface area contributed by atoms with Crippen molar-refractivity contribution >= 4 is 5.91 Å². The minimum absolute atomic E-state index is 0.0410. The van der Waals surface area contributed by atoms with Gasteiger partial charge in [0.1, 0.15) is 6.54 Å². The van der Waals surface area contributed by atoms with Crippen LogP contribution in [0, 0.1) is 0 Å². The predicted octanol–water partition coefficient (Wildman–Crippen LogP) is 0.430. The van der Waals surface area contributed by atoms with E-state index < -0.39 is 18.6 Å². The highest BCUT2D eigenvalue weighted by Gasteiger charge is 2.31. The van der Waals surface area contributed by atoms with E-state index >= 15 is 0 Å². The molecule has 0 aromatic heterocycles. The van der Waals surface area contributed by atoms with Crippen LogP contribution < -0.4 is 5.73 Å². The van der Waals surface area contributed by atoms with Crippen LogP contribution >= 0.6 is 0 Å². The minimum Gasteiger partial charge on any atom is -0.336 e. The van der Waals surface area contributed by atoms with Crippen molar-refractivity contribution in [3.63, 3.8) is 0 Å². The first-order chi connectivity index (χ1) is 7.78. The van der Waals surface area contributed by atoms with Crippen LogP contribution in [0.25, 0.3) is 0 Å². The van der Waals surface area contributed by atoms with Crippen molar-refractivity contribution < 1.29 is 18.0 Å². The van der Waals surface area contributed by atoms with Crippen molar-refractivity contribution in [2.75, 3.05) is 33.2 Å². The van der Waals surface area contributed by atoms with Crippen LogP contribution in [0.1, 0.15) is 12.8 Å². The van der Waals surface area contributed by atoms with Crippen LogP contribution in [0.3, 0.4) is 0 Å². The van der Waals surface area contributed by atoms with Crippen molar-refractivity contribution in [2.45, 2.75) is 25.1 Å². The molecule has 2 N–H and O–H groups in total. The average molecular weight is 253 g/mol. The van der Waals surface area contributed by atoms with Crippen molar-refractivity contribution in [2.24, 2.45) is 5.73 Å². The minimum atomic E-state index is -4.34. The lowest BCUT2D eigenvalue weighted by molar-refractivity contribution is -0.159. The van der Waals surface area contributed by atoms with E-state index in [-0.39, 0.29) is 12.6 Å². The summed E-state index contributed by atoms with van der Waals surface area (Å²) in [6.07, 6.45) is -2.76. The van der Waals surface area contributed by atoms with E-state index in [0.29, 0.717) is 18.0 Å². The summed E-state index contributed by atoms with van der Waals surface area (Å²) in [5, 5.41) is 0. The smallest absolute Gasteiger partial charge is 0.336 e. The summed E-state index contributed by atoms with van der Waals surface area (Å²) in [6.45, 7) is 0.192. The van der Waals surface area contributed by atoms with E-state index in [1.165, 1.54) is 7.05 Å². The molecule has 1 heterocycles. The fourth-order valence-corrected chi connectivity index (χ4v) is 1.78. The molecule has 100 valence electrons. The van der Waals surface area contributed by atoms with Gasteiger partial charge in [-0.25, -0.2) is 0 Å². The van der Waals surface area contributed by atoms with Gasteiger partial charge in [-0.1, -0.05) is 0 Å².